The molecular weight excluding hydrogens is 245 g/mol. The summed E-state index contributed by atoms with van der Waals surface area (Å²) in [6.07, 6.45) is 0.456. The molecule has 3 nitrogen and oxygen atoms in total. The molecule has 0 radical (unpaired) electrons. The third-order valence-corrected chi connectivity index (χ3v) is 3.03. The van der Waals surface area contributed by atoms with Crippen LogP contribution >= 0.6 is 11.6 Å². The zero-order valence-corrected chi connectivity index (χ0v) is 10.5. The van der Waals surface area contributed by atoms with Gasteiger partial charge in [0.25, 0.3) is 0 Å². The van der Waals surface area contributed by atoms with Gasteiger partial charge in [0.1, 0.15) is 11.9 Å². The number of likely N-dealkylation sites (N-methyl/N-ethyl adjacent to an activating group) is 1. The van der Waals surface area contributed by atoms with Crippen molar-refractivity contribution in [3.05, 3.63) is 34.6 Å². The molecule has 0 bridgehead atoms. The standard InChI is InChI=1S/C12H15ClFNO2/c1-3-11(12(16)17)15(2)7-8-9(13)5-4-6-10(8)14/h4-6,11H,3,7H2,1-2H3,(H,16,17). The van der Waals surface area contributed by atoms with Crippen molar-refractivity contribution in [1.82, 2.24) is 4.90 Å². The molecule has 0 aliphatic carbocycles. The highest BCUT2D eigenvalue weighted by Crippen LogP contribution is 2.21. The molecule has 0 spiro atoms. The maximum atomic E-state index is 13.5. The minimum absolute atomic E-state index is 0.177. The maximum Gasteiger partial charge on any atom is 0.320 e. The first-order chi connectivity index (χ1) is 7.97. The summed E-state index contributed by atoms with van der Waals surface area (Å²) < 4.78 is 13.5. The summed E-state index contributed by atoms with van der Waals surface area (Å²) in [5.74, 6) is -1.33. The molecule has 0 aliphatic heterocycles. The van der Waals surface area contributed by atoms with E-state index in [1.54, 1.807) is 24.9 Å². The Morgan fingerprint density at radius 1 is 1.59 bits per heavy atom. The molecule has 1 aromatic carbocycles. The molecule has 0 aliphatic rings. The number of hydrogen-bond acceptors (Lipinski definition) is 2. The molecule has 94 valence electrons. The van der Waals surface area contributed by atoms with E-state index in [2.05, 4.69) is 0 Å². The molecule has 1 rings (SSSR count). The predicted molar refractivity (Wildman–Crippen MR) is 64.6 cm³/mol. The van der Waals surface area contributed by atoms with Gasteiger partial charge in [0.2, 0.25) is 0 Å². The molecule has 1 unspecified atom stereocenters. The molecule has 0 fully saturated rings. The van der Waals surface area contributed by atoms with Gasteiger partial charge in [0.05, 0.1) is 0 Å². The number of carboxylic acid groups (broad SMARTS) is 1. The lowest BCUT2D eigenvalue weighted by Crippen LogP contribution is -2.37. The molecule has 1 atom stereocenters. The van der Waals surface area contributed by atoms with Crippen molar-refractivity contribution in [2.45, 2.75) is 25.9 Å². The van der Waals surface area contributed by atoms with E-state index in [9.17, 15) is 9.18 Å². The summed E-state index contributed by atoms with van der Waals surface area (Å²) >= 11 is 5.89. The first-order valence-electron chi connectivity index (χ1n) is 5.33. The first kappa shape index (κ1) is 13.9. The van der Waals surface area contributed by atoms with Crippen molar-refractivity contribution in [3.63, 3.8) is 0 Å². The molecule has 0 saturated heterocycles. The van der Waals surface area contributed by atoms with Gasteiger partial charge in [0, 0.05) is 17.1 Å². The van der Waals surface area contributed by atoms with Crippen molar-refractivity contribution in [3.8, 4) is 0 Å². The lowest BCUT2D eigenvalue weighted by Gasteiger charge is -2.24. The average Bonchev–Trinajstić information content (AvgIpc) is 2.24. The van der Waals surface area contributed by atoms with E-state index >= 15 is 0 Å². The minimum Gasteiger partial charge on any atom is -0.480 e. The third kappa shape index (κ3) is 3.41. The first-order valence-corrected chi connectivity index (χ1v) is 5.71. The molecule has 0 saturated carbocycles. The number of hydrogen-bond donors (Lipinski definition) is 1. The van der Waals surface area contributed by atoms with Crippen LogP contribution in [0.25, 0.3) is 0 Å². The fourth-order valence-electron chi connectivity index (χ4n) is 1.72. The summed E-state index contributed by atoms with van der Waals surface area (Å²) in [6, 6.07) is 3.80. The Kier molecular flexibility index (Phi) is 4.90. The Labute approximate surface area is 105 Å². The van der Waals surface area contributed by atoms with E-state index in [1.165, 1.54) is 12.1 Å². The van der Waals surface area contributed by atoms with Crippen LogP contribution in [0.4, 0.5) is 4.39 Å². The Balaban J connectivity index is 2.87. The highest BCUT2D eigenvalue weighted by atomic mass is 35.5. The summed E-state index contributed by atoms with van der Waals surface area (Å²) in [5.41, 5.74) is 0.330. The van der Waals surface area contributed by atoms with E-state index in [0.717, 1.165) is 0 Å². The number of halogens is 2. The van der Waals surface area contributed by atoms with Gasteiger partial charge in [0.15, 0.2) is 0 Å². The predicted octanol–water partition coefficient (Wildman–Crippen LogP) is 2.77. The van der Waals surface area contributed by atoms with Crippen molar-refractivity contribution >= 4 is 17.6 Å². The molecule has 1 aromatic rings. The number of aliphatic carboxylic acids is 1. The van der Waals surface area contributed by atoms with Crippen LogP contribution in [0, 0.1) is 5.82 Å². The number of benzene rings is 1. The Hall–Kier alpha value is -1.13. The molecule has 1 N–H and O–H groups in total. The highest BCUT2D eigenvalue weighted by Gasteiger charge is 2.22. The SMILES string of the molecule is CCC(C(=O)O)N(C)Cc1c(F)cccc1Cl. The summed E-state index contributed by atoms with van der Waals surface area (Å²) in [7, 11) is 1.64. The molecular formula is C12H15ClFNO2. The zero-order valence-electron chi connectivity index (χ0n) is 9.78. The van der Waals surface area contributed by atoms with Crippen molar-refractivity contribution in [1.29, 1.82) is 0 Å². The maximum absolute atomic E-state index is 13.5. The fourth-order valence-corrected chi connectivity index (χ4v) is 1.94. The number of carbonyl (C=O) groups is 1. The monoisotopic (exact) mass is 259 g/mol. The van der Waals surface area contributed by atoms with Gasteiger partial charge in [-0.05, 0) is 25.6 Å². The number of carboxylic acids is 1. The highest BCUT2D eigenvalue weighted by molar-refractivity contribution is 6.31. The number of rotatable bonds is 5. The Bertz CT molecular complexity index is 391. The largest absolute Gasteiger partial charge is 0.480 e. The normalized spacial score (nSPS) is 12.8. The number of nitrogens with zero attached hydrogens (tertiary/aromatic N) is 1. The van der Waals surface area contributed by atoms with Crippen LogP contribution in [-0.4, -0.2) is 29.1 Å². The average molecular weight is 260 g/mol. The van der Waals surface area contributed by atoms with Crippen LogP contribution in [0.3, 0.4) is 0 Å². The van der Waals surface area contributed by atoms with Gasteiger partial charge in [-0.25, -0.2) is 4.39 Å². The van der Waals surface area contributed by atoms with Gasteiger partial charge < -0.3 is 5.11 Å². The van der Waals surface area contributed by atoms with Crippen LogP contribution in [0.15, 0.2) is 18.2 Å². The van der Waals surface area contributed by atoms with E-state index in [1.807, 2.05) is 0 Å². The summed E-state index contributed by atoms with van der Waals surface area (Å²) in [6.45, 7) is 1.95. The minimum atomic E-state index is -0.914. The lowest BCUT2D eigenvalue weighted by molar-refractivity contribution is -0.143. The van der Waals surface area contributed by atoms with Crippen LogP contribution in [-0.2, 0) is 11.3 Å². The van der Waals surface area contributed by atoms with Gasteiger partial charge >= 0.3 is 5.97 Å². The van der Waals surface area contributed by atoms with Gasteiger partial charge in [-0.15, -0.1) is 0 Å². The van der Waals surface area contributed by atoms with Gasteiger partial charge in [-0.1, -0.05) is 24.6 Å². The van der Waals surface area contributed by atoms with Gasteiger partial charge in [-0.2, -0.15) is 0 Å². The smallest absolute Gasteiger partial charge is 0.320 e. The van der Waals surface area contributed by atoms with Crippen LogP contribution in [0.1, 0.15) is 18.9 Å². The van der Waals surface area contributed by atoms with Crippen LogP contribution in [0.5, 0.6) is 0 Å². The lowest BCUT2D eigenvalue weighted by atomic mass is 10.1. The quantitative estimate of drug-likeness (QED) is 0.884. The van der Waals surface area contributed by atoms with Crippen molar-refractivity contribution in [2.75, 3.05) is 7.05 Å². The molecule has 5 heteroatoms. The molecule has 0 heterocycles. The zero-order chi connectivity index (χ0) is 13.0. The van der Waals surface area contributed by atoms with E-state index in [-0.39, 0.29) is 6.54 Å². The second kappa shape index (κ2) is 5.98. The van der Waals surface area contributed by atoms with E-state index in [0.29, 0.717) is 17.0 Å². The summed E-state index contributed by atoms with van der Waals surface area (Å²) in [4.78, 5) is 12.5. The van der Waals surface area contributed by atoms with E-state index < -0.39 is 17.8 Å². The second-order valence-corrected chi connectivity index (χ2v) is 4.28. The van der Waals surface area contributed by atoms with E-state index in [4.69, 9.17) is 16.7 Å². The van der Waals surface area contributed by atoms with Gasteiger partial charge in [-0.3, -0.25) is 9.69 Å². The summed E-state index contributed by atoms with van der Waals surface area (Å²) in [5, 5.41) is 9.31. The topological polar surface area (TPSA) is 40.5 Å². The van der Waals surface area contributed by atoms with Crippen LogP contribution < -0.4 is 0 Å². The Morgan fingerprint density at radius 2 is 2.24 bits per heavy atom. The van der Waals surface area contributed by atoms with Crippen molar-refractivity contribution in [2.24, 2.45) is 0 Å². The second-order valence-electron chi connectivity index (χ2n) is 3.88. The molecule has 0 aromatic heterocycles. The molecule has 0 amide bonds. The Morgan fingerprint density at radius 3 is 2.71 bits per heavy atom. The van der Waals surface area contributed by atoms with Crippen molar-refractivity contribution < 1.29 is 14.3 Å². The van der Waals surface area contributed by atoms with Crippen LogP contribution in [0.2, 0.25) is 5.02 Å². The molecule has 17 heavy (non-hydrogen) atoms. The third-order valence-electron chi connectivity index (χ3n) is 2.67. The fraction of sp³-hybridized carbons (Fsp3) is 0.417.